The second-order valence-corrected chi connectivity index (χ2v) is 9.71. The summed E-state index contributed by atoms with van der Waals surface area (Å²) >= 11 is 0. The van der Waals surface area contributed by atoms with Gasteiger partial charge in [-0.05, 0) is 65.6 Å². The van der Waals surface area contributed by atoms with E-state index in [9.17, 15) is 4.79 Å². The Bertz CT molecular complexity index is 1350. The number of rotatable bonds is 10. The smallest absolute Gasteiger partial charge is 0.318 e. The number of carbonyl (C=O) groups excluding carboxylic acids is 1. The van der Waals surface area contributed by atoms with Crippen LogP contribution >= 0.6 is 0 Å². The molecule has 198 valence electrons. The molecule has 0 saturated carbocycles. The SMILES string of the molecule is CCOc1ccc(CN(Cc2ccco2)C(=O)NC2CCN(Cc3ccc4ccccc4c3)C2)cc1OC. The summed E-state index contributed by atoms with van der Waals surface area (Å²) in [6, 6.07) is 24.6. The first kappa shape index (κ1) is 25.7. The van der Waals surface area contributed by atoms with Gasteiger partial charge < -0.3 is 24.1 Å². The third-order valence-corrected chi connectivity index (χ3v) is 6.94. The molecule has 0 bridgehead atoms. The lowest BCUT2D eigenvalue weighted by Crippen LogP contribution is -2.45. The third-order valence-electron chi connectivity index (χ3n) is 6.94. The summed E-state index contributed by atoms with van der Waals surface area (Å²) in [5, 5.41) is 5.78. The van der Waals surface area contributed by atoms with Crippen molar-refractivity contribution in [1.29, 1.82) is 0 Å². The quantitative estimate of drug-likeness (QED) is 0.289. The lowest BCUT2D eigenvalue weighted by molar-refractivity contribution is 0.183. The normalized spacial score (nSPS) is 15.5. The number of likely N-dealkylation sites (tertiary alicyclic amines) is 1. The van der Waals surface area contributed by atoms with Gasteiger partial charge in [0.05, 0.1) is 26.5 Å². The van der Waals surface area contributed by atoms with E-state index in [4.69, 9.17) is 13.9 Å². The van der Waals surface area contributed by atoms with E-state index < -0.39 is 0 Å². The van der Waals surface area contributed by atoms with Crippen LogP contribution < -0.4 is 14.8 Å². The fourth-order valence-electron chi connectivity index (χ4n) is 5.05. The zero-order valence-electron chi connectivity index (χ0n) is 22.1. The highest BCUT2D eigenvalue weighted by Crippen LogP contribution is 2.29. The molecule has 4 aromatic rings. The Kier molecular flexibility index (Phi) is 8.14. The zero-order valence-corrected chi connectivity index (χ0v) is 22.1. The number of amides is 2. The predicted molar refractivity (Wildman–Crippen MR) is 148 cm³/mol. The van der Waals surface area contributed by atoms with Gasteiger partial charge in [-0.3, -0.25) is 4.90 Å². The fourth-order valence-corrected chi connectivity index (χ4v) is 5.05. The van der Waals surface area contributed by atoms with Crippen molar-refractivity contribution in [2.45, 2.75) is 39.0 Å². The summed E-state index contributed by atoms with van der Waals surface area (Å²) in [5.74, 6) is 2.09. The number of urea groups is 1. The number of benzene rings is 3. The van der Waals surface area contributed by atoms with Crippen LogP contribution in [-0.4, -0.2) is 48.7 Å². The van der Waals surface area contributed by atoms with Crippen molar-refractivity contribution in [3.8, 4) is 11.5 Å². The fraction of sp³-hybridized carbons (Fsp3) is 0.323. The number of nitrogens with zero attached hydrogens (tertiary/aromatic N) is 2. The molecule has 1 saturated heterocycles. The second-order valence-electron chi connectivity index (χ2n) is 9.71. The first-order valence-electron chi connectivity index (χ1n) is 13.2. The van der Waals surface area contributed by atoms with Crippen LogP contribution in [0.4, 0.5) is 4.79 Å². The van der Waals surface area contributed by atoms with Gasteiger partial charge in [0.15, 0.2) is 11.5 Å². The van der Waals surface area contributed by atoms with Crippen molar-refractivity contribution < 1.29 is 18.7 Å². The molecule has 7 nitrogen and oxygen atoms in total. The molecule has 1 aliphatic heterocycles. The van der Waals surface area contributed by atoms with Crippen LogP contribution in [0.15, 0.2) is 83.5 Å². The summed E-state index contributed by atoms with van der Waals surface area (Å²) in [6.07, 6.45) is 2.55. The van der Waals surface area contributed by atoms with E-state index in [0.717, 1.165) is 37.4 Å². The number of hydrogen-bond acceptors (Lipinski definition) is 5. The van der Waals surface area contributed by atoms with E-state index >= 15 is 0 Å². The highest BCUT2D eigenvalue weighted by molar-refractivity contribution is 5.83. The summed E-state index contributed by atoms with van der Waals surface area (Å²) in [7, 11) is 1.62. The molecule has 1 aliphatic rings. The number of hydrogen-bond donors (Lipinski definition) is 1. The molecule has 7 heteroatoms. The van der Waals surface area contributed by atoms with E-state index in [0.29, 0.717) is 31.2 Å². The van der Waals surface area contributed by atoms with Gasteiger partial charge >= 0.3 is 6.03 Å². The van der Waals surface area contributed by atoms with Crippen molar-refractivity contribution in [3.05, 3.63) is 95.9 Å². The molecular formula is C31H35N3O4. The molecule has 38 heavy (non-hydrogen) atoms. The molecule has 5 rings (SSSR count). The van der Waals surface area contributed by atoms with Crippen LogP contribution in [0.3, 0.4) is 0 Å². The Morgan fingerprint density at radius 1 is 1.00 bits per heavy atom. The molecule has 1 N–H and O–H groups in total. The first-order valence-corrected chi connectivity index (χ1v) is 13.2. The van der Waals surface area contributed by atoms with Gasteiger partial charge in [0.2, 0.25) is 0 Å². The van der Waals surface area contributed by atoms with Crippen molar-refractivity contribution in [2.75, 3.05) is 26.8 Å². The summed E-state index contributed by atoms with van der Waals surface area (Å²) in [6.45, 7) is 5.94. The van der Waals surface area contributed by atoms with Crippen LogP contribution in [0.1, 0.15) is 30.2 Å². The number of fused-ring (bicyclic) bond motifs is 1. The molecule has 0 spiro atoms. The molecule has 0 radical (unpaired) electrons. The van der Waals surface area contributed by atoms with Gasteiger partial charge in [0.1, 0.15) is 5.76 Å². The third kappa shape index (κ3) is 6.29. The molecule has 2 heterocycles. The molecule has 0 aliphatic carbocycles. The van der Waals surface area contributed by atoms with Gasteiger partial charge in [0, 0.05) is 32.2 Å². The minimum atomic E-state index is -0.105. The average Bonchev–Trinajstić information content (AvgIpc) is 3.61. The summed E-state index contributed by atoms with van der Waals surface area (Å²) in [4.78, 5) is 17.6. The van der Waals surface area contributed by atoms with Crippen LogP contribution in [0.25, 0.3) is 10.8 Å². The molecular weight excluding hydrogens is 478 g/mol. The Labute approximate surface area is 223 Å². The first-order chi connectivity index (χ1) is 18.6. The van der Waals surface area contributed by atoms with Crippen molar-refractivity contribution in [1.82, 2.24) is 15.1 Å². The number of ether oxygens (including phenoxy) is 2. The Morgan fingerprint density at radius 2 is 1.84 bits per heavy atom. The van der Waals surface area contributed by atoms with Crippen molar-refractivity contribution in [3.63, 3.8) is 0 Å². The number of carbonyl (C=O) groups is 1. The molecule has 1 aromatic heterocycles. The standard InChI is InChI=1S/C31H35N3O4/c1-3-37-29-13-11-24(18-30(29)36-2)20-34(22-28-9-6-16-38-28)31(35)32-27-14-15-33(21-27)19-23-10-12-25-7-4-5-8-26(25)17-23/h4-13,16-18,27H,3,14-15,19-22H2,1-2H3,(H,32,35). The largest absolute Gasteiger partial charge is 0.493 e. The molecule has 3 aromatic carbocycles. The van der Waals surface area contributed by atoms with Crippen molar-refractivity contribution in [2.24, 2.45) is 0 Å². The minimum Gasteiger partial charge on any atom is -0.493 e. The van der Waals surface area contributed by atoms with Gasteiger partial charge in [-0.15, -0.1) is 0 Å². The molecule has 1 fully saturated rings. The Balaban J connectivity index is 1.23. The zero-order chi connectivity index (χ0) is 26.3. The lowest BCUT2D eigenvalue weighted by atomic mass is 10.1. The number of methoxy groups -OCH3 is 1. The lowest BCUT2D eigenvalue weighted by Gasteiger charge is -2.25. The van der Waals surface area contributed by atoms with Crippen LogP contribution in [0, 0.1) is 0 Å². The van der Waals surface area contributed by atoms with Gasteiger partial charge in [-0.25, -0.2) is 4.79 Å². The molecule has 2 amide bonds. The van der Waals surface area contributed by atoms with Crippen LogP contribution in [0.2, 0.25) is 0 Å². The second kappa shape index (κ2) is 12.0. The highest BCUT2D eigenvalue weighted by atomic mass is 16.5. The number of nitrogens with one attached hydrogen (secondary N) is 1. The maximum Gasteiger partial charge on any atom is 0.318 e. The van der Waals surface area contributed by atoms with Gasteiger partial charge in [-0.1, -0.05) is 42.5 Å². The highest BCUT2D eigenvalue weighted by Gasteiger charge is 2.26. The van der Waals surface area contributed by atoms with Crippen LogP contribution in [0.5, 0.6) is 11.5 Å². The van der Waals surface area contributed by atoms with Crippen molar-refractivity contribution >= 4 is 16.8 Å². The van der Waals surface area contributed by atoms with E-state index in [1.807, 2.05) is 37.3 Å². The molecule has 1 unspecified atom stereocenters. The topological polar surface area (TPSA) is 67.2 Å². The minimum absolute atomic E-state index is 0.0944. The monoisotopic (exact) mass is 513 g/mol. The average molecular weight is 514 g/mol. The van der Waals surface area contributed by atoms with E-state index in [2.05, 4.69) is 52.7 Å². The van der Waals surface area contributed by atoms with Crippen LogP contribution in [-0.2, 0) is 19.6 Å². The van der Waals surface area contributed by atoms with E-state index in [1.165, 1.54) is 16.3 Å². The predicted octanol–water partition coefficient (Wildman–Crippen LogP) is 5.83. The Morgan fingerprint density at radius 3 is 2.63 bits per heavy atom. The van der Waals surface area contributed by atoms with Gasteiger partial charge in [0.25, 0.3) is 0 Å². The van der Waals surface area contributed by atoms with Gasteiger partial charge in [-0.2, -0.15) is 0 Å². The summed E-state index contributed by atoms with van der Waals surface area (Å²) in [5.41, 5.74) is 2.25. The van der Waals surface area contributed by atoms with E-state index in [1.54, 1.807) is 18.3 Å². The Hall–Kier alpha value is -3.97. The summed E-state index contributed by atoms with van der Waals surface area (Å²) < 4.78 is 16.7. The molecule has 1 atom stereocenters. The maximum atomic E-state index is 13.5. The maximum absolute atomic E-state index is 13.5. The van der Waals surface area contributed by atoms with E-state index in [-0.39, 0.29) is 12.1 Å². The number of furan rings is 1.